The predicted octanol–water partition coefficient (Wildman–Crippen LogP) is 1.88. The van der Waals surface area contributed by atoms with E-state index in [4.69, 9.17) is 4.74 Å². The lowest BCUT2D eigenvalue weighted by molar-refractivity contribution is 0.397. The van der Waals surface area contributed by atoms with Crippen LogP contribution in [0.4, 0.5) is 0 Å². The molecular formula is C13H12N4O. The van der Waals surface area contributed by atoms with Crippen LogP contribution in [0.3, 0.4) is 0 Å². The Bertz CT molecular complexity index is 663. The molecule has 3 rings (SSSR count). The van der Waals surface area contributed by atoms with E-state index >= 15 is 0 Å². The summed E-state index contributed by atoms with van der Waals surface area (Å²) in [5, 5.41) is 4.30. The Morgan fingerprint density at radius 3 is 2.78 bits per heavy atom. The topological polar surface area (TPSA) is 52.8 Å². The Kier molecular flexibility index (Phi) is 2.64. The summed E-state index contributed by atoms with van der Waals surface area (Å²) in [6, 6.07) is 10.1. The molecule has 0 atom stereocenters. The zero-order valence-electron chi connectivity index (χ0n) is 9.95. The van der Waals surface area contributed by atoms with Gasteiger partial charge in [0.05, 0.1) is 26.0 Å². The van der Waals surface area contributed by atoms with Gasteiger partial charge in [-0.15, -0.1) is 0 Å². The Morgan fingerprint density at radius 1 is 1.17 bits per heavy atom. The summed E-state index contributed by atoms with van der Waals surface area (Å²) in [4.78, 5) is 8.61. The number of hydrogen-bond acceptors (Lipinski definition) is 4. The van der Waals surface area contributed by atoms with Crippen molar-refractivity contribution in [2.24, 2.45) is 0 Å². The molecule has 18 heavy (non-hydrogen) atoms. The molecule has 0 bridgehead atoms. The molecule has 90 valence electrons. The standard InChI is InChI=1S/C13H12N4O/c1-18-12-8-14-13-11(16-12)7-15-17(13)9-10-5-3-2-4-6-10/h2-8H,9H2,1H3. The van der Waals surface area contributed by atoms with Gasteiger partial charge >= 0.3 is 0 Å². The van der Waals surface area contributed by atoms with Crippen LogP contribution in [0.2, 0.25) is 0 Å². The molecular weight excluding hydrogens is 228 g/mol. The van der Waals surface area contributed by atoms with Crippen molar-refractivity contribution in [2.75, 3.05) is 7.11 Å². The van der Waals surface area contributed by atoms with Crippen LogP contribution in [0.1, 0.15) is 5.56 Å². The summed E-state index contributed by atoms with van der Waals surface area (Å²) in [7, 11) is 1.57. The van der Waals surface area contributed by atoms with Crippen LogP contribution in [0.25, 0.3) is 11.2 Å². The minimum Gasteiger partial charge on any atom is -0.480 e. The number of aromatic nitrogens is 4. The largest absolute Gasteiger partial charge is 0.480 e. The highest BCUT2D eigenvalue weighted by Gasteiger charge is 2.07. The third kappa shape index (κ3) is 1.90. The number of nitrogens with zero attached hydrogens (tertiary/aromatic N) is 4. The average Bonchev–Trinajstić information content (AvgIpc) is 2.82. The van der Waals surface area contributed by atoms with Crippen molar-refractivity contribution in [1.29, 1.82) is 0 Å². The molecule has 2 heterocycles. The zero-order valence-corrected chi connectivity index (χ0v) is 9.95. The van der Waals surface area contributed by atoms with Gasteiger partial charge in [-0.2, -0.15) is 5.10 Å². The van der Waals surface area contributed by atoms with Crippen LogP contribution in [-0.2, 0) is 6.54 Å². The molecule has 0 saturated carbocycles. The van der Waals surface area contributed by atoms with Gasteiger partial charge in [0.2, 0.25) is 5.88 Å². The fourth-order valence-corrected chi connectivity index (χ4v) is 1.82. The van der Waals surface area contributed by atoms with Gasteiger partial charge in [-0.3, -0.25) is 0 Å². The predicted molar refractivity (Wildman–Crippen MR) is 67.4 cm³/mol. The molecule has 0 N–H and O–H groups in total. The summed E-state index contributed by atoms with van der Waals surface area (Å²) < 4.78 is 6.87. The molecule has 0 radical (unpaired) electrons. The second-order valence-corrected chi connectivity index (χ2v) is 3.91. The third-order valence-electron chi connectivity index (χ3n) is 2.71. The highest BCUT2D eigenvalue weighted by atomic mass is 16.5. The van der Waals surface area contributed by atoms with Crippen molar-refractivity contribution in [3.05, 3.63) is 48.3 Å². The lowest BCUT2D eigenvalue weighted by atomic mass is 10.2. The van der Waals surface area contributed by atoms with Crippen molar-refractivity contribution in [3.8, 4) is 5.88 Å². The molecule has 3 aromatic rings. The van der Waals surface area contributed by atoms with Crippen molar-refractivity contribution in [1.82, 2.24) is 19.7 Å². The molecule has 0 aliphatic heterocycles. The van der Waals surface area contributed by atoms with E-state index in [9.17, 15) is 0 Å². The number of benzene rings is 1. The molecule has 5 nitrogen and oxygen atoms in total. The van der Waals surface area contributed by atoms with Crippen molar-refractivity contribution < 1.29 is 4.74 Å². The van der Waals surface area contributed by atoms with Crippen LogP contribution < -0.4 is 4.74 Å². The normalized spacial score (nSPS) is 10.7. The number of hydrogen-bond donors (Lipinski definition) is 0. The van der Waals surface area contributed by atoms with Gasteiger partial charge in [-0.05, 0) is 5.56 Å². The maximum Gasteiger partial charge on any atom is 0.232 e. The minimum atomic E-state index is 0.502. The van der Waals surface area contributed by atoms with Gasteiger partial charge < -0.3 is 4.74 Å². The maximum absolute atomic E-state index is 5.04. The Balaban J connectivity index is 1.98. The summed E-state index contributed by atoms with van der Waals surface area (Å²) in [6.07, 6.45) is 3.30. The van der Waals surface area contributed by atoms with Gasteiger partial charge in [-0.1, -0.05) is 30.3 Å². The van der Waals surface area contributed by atoms with Gasteiger partial charge in [0.15, 0.2) is 5.65 Å². The van der Waals surface area contributed by atoms with Crippen LogP contribution in [0, 0.1) is 0 Å². The first-order valence-corrected chi connectivity index (χ1v) is 5.63. The van der Waals surface area contributed by atoms with Crippen LogP contribution in [0.15, 0.2) is 42.7 Å². The monoisotopic (exact) mass is 240 g/mol. The first-order chi connectivity index (χ1) is 8.86. The first-order valence-electron chi connectivity index (χ1n) is 5.63. The summed E-state index contributed by atoms with van der Waals surface area (Å²) in [5.41, 5.74) is 2.69. The van der Waals surface area contributed by atoms with E-state index in [0.29, 0.717) is 12.4 Å². The van der Waals surface area contributed by atoms with Crippen molar-refractivity contribution in [2.45, 2.75) is 6.54 Å². The van der Waals surface area contributed by atoms with Gasteiger partial charge in [0.25, 0.3) is 0 Å². The highest BCUT2D eigenvalue weighted by Crippen LogP contribution is 2.14. The van der Waals surface area contributed by atoms with Gasteiger partial charge in [-0.25, -0.2) is 14.6 Å². The number of fused-ring (bicyclic) bond motifs is 1. The van der Waals surface area contributed by atoms with Crippen molar-refractivity contribution >= 4 is 11.2 Å². The average molecular weight is 240 g/mol. The highest BCUT2D eigenvalue weighted by molar-refractivity contribution is 5.69. The van der Waals surface area contributed by atoms with Crippen LogP contribution >= 0.6 is 0 Å². The van der Waals surface area contributed by atoms with Crippen LogP contribution in [0.5, 0.6) is 5.88 Å². The molecule has 0 saturated heterocycles. The minimum absolute atomic E-state index is 0.502. The SMILES string of the molecule is COc1cnc2c(cnn2Cc2ccccc2)n1. The molecule has 1 aromatic carbocycles. The molecule has 0 fully saturated rings. The fourth-order valence-electron chi connectivity index (χ4n) is 1.82. The molecule has 0 amide bonds. The first kappa shape index (κ1) is 10.7. The number of methoxy groups -OCH3 is 1. The van der Waals surface area contributed by atoms with Gasteiger partial charge in [0.1, 0.15) is 5.52 Å². The summed E-state index contributed by atoms with van der Waals surface area (Å²) in [5.74, 6) is 0.502. The van der Waals surface area contributed by atoms with E-state index in [2.05, 4.69) is 27.2 Å². The van der Waals surface area contributed by atoms with Crippen molar-refractivity contribution in [3.63, 3.8) is 0 Å². The molecule has 0 aliphatic carbocycles. The molecule has 0 unspecified atom stereocenters. The Morgan fingerprint density at radius 2 is 2.00 bits per heavy atom. The molecule has 2 aromatic heterocycles. The van der Waals surface area contributed by atoms with Gasteiger partial charge in [0, 0.05) is 0 Å². The van der Waals surface area contributed by atoms with Crippen LogP contribution in [-0.4, -0.2) is 26.9 Å². The van der Waals surface area contributed by atoms with E-state index < -0.39 is 0 Å². The lowest BCUT2D eigenvalue weighted by Crippen LogP contribution is -2.02. The van der Waals surface area contributed by atoms with E-state index in [1.54, 1.807) is 19.5 Å². The van der Waals surface area contributed by atoms with E-state index in [-0.39, 0.29) is 0 Å². The molecule has 0 spiro atoms. The summed E-state index contributed by atoms with van der Waals surface area (Å²) >= 11 is 0. The Hall–Kier alpha value is -2.43. The smallest absolute Gasteiger partial charge is 0.232 e. The second-order valence-electron chi connectivity index (χ2n) is 3.91. The lowest BCUT2D eigenvalue weighted by Gasteiger charge is -2.03. The Labute approximate surface area is 104 Å². The number of rotatable bonds is 3. The number of ether oxygens (including phenoxy) is 1. The molecule has 5 heteroatoms. The van der Waals surface area contributed by atoms with E-state index in [0.717, 1.165) is 11.2 Å². The fraction of sp³-hybridized carbons (Fsp3) is 0.154. The quantitative estimate of drug-likeness (QED) is 0.701. The summed E-state index contributed by atoms with van der Waals surface area (Å²) in [6.45, 7) is 0.686. The van der Waals surface area contributed by atoms with E-state index in [1.165, 1.54) is 5.56 Å². The zero-order chi connectivity index (χ0) is 12.4. The molecule has 0 aliphatic rings. The van der Waals surface area contributed by atoms with E-state index in [1.807, 2.05) is 22.9 Å². The third-order valence-corrected chi connectivity index (χ3v) is 2.71. The second kappa shape index (κ2) is 4.44. The maximum atomic E-state index is 5.04.